The molecule has 7 nitrogen and oxygen atoms in total. The molecule has 1 N–H and O–H groups in total. The summed E-state index contributed by atoms with van der Waals surface area (Å²) < 4.78 is 15.7. The van der Waals surface area contributed by atoms with Crippen molar-refractivity contribution < 1.29 is 28.6 Å². The van der Waals surface area contributed by atoms with Crippen molar-refractivity contribution in [3.05, 3.63) is 52.1 Å². The zero-order chi connectivity index (χ0) is 20.4. The van der Waals surface area contributed by atoms with Crippen molar-refractivity contribution in [2.45, 2.75) is 27.7 Å². The monoisotopic (exact) mass is 383 g/mol. The van der Waals surface area contributed by atoms with Gasteiger partial charge in [-0.2, -0.15) is 0 Å². The number of ketones is 1. The molecule has 0 aliphatic carbocycles. The lowest BCUT2D eigenvalue weighted by Gasteiger charge is -2.13. The quantitative estimate of drug-likeness (QED) is 0.629. The largest absolute Gasteiger partial charge is 0.454 e. The third-order valence-electron chi connectivity index (χ3n) is 4.38. The molecule has 1 amide bonds. The van der Waals surface area contributed by atoms with Crippen LogP contribution < -0.4 is 14.8 Å². The van der Waals surface area contributed by atoms with Gasteiger partial charge in [-0.1, -0.05) is 17.7 Å². The molecule has 2 aromatic carbocycles. The number of hydrogen-bond donors (Lipinski definition) is 1. The summed E-state index contributed by atoms with van der Waals surface area (Å²) in [6, 6.07) is 6.81. The van der Waals surface area contributed by atoms with E-state index in [4.69, 9.17) is 14.2 Å². The average Bonchev–Trinajstić information content (AvgIpc) is 3.05. The van der Waals surface area contributed by atoms with Gasteiger partial charge in [0.2, 0.25) is 6.79 Å². The highest BCUT2D eigenvalue weighted by Crippen LogP contribution is 2.37. The third kappa shape index (κ3) is 3.98. The van der Waals surface area contributed by atoms with E-state index in [1.165, 1.54) is 19.1 Å². The van der Waals surface area contributed by atoms with E-state index in [1.54, 1.807) is 0 Å². The molecule has 1 heterocycles. The Morgan fingerprint density at radius 3 is 2.21 bits per heavy atom. The van der Waals surface area contributed by atoms with Crippen molar-refractivity contribution >= 4 is 23.3 Å². The Morgan fingerprint density at radius 1 is 1.00 bits per heavy atom. The van der Waals surface area contributed by atoms with Crippen LogP contribution in [0.2, 0.25) is 0 Å². The van der Waals surface area contributed by atoms with Crippen molar-refractivity contribution in [3.8, 4) is 11.5 Å². The van der Waals surface area contributed by atoms with Crippen molar-refractivity contribution in [3.63, 3.8) is 0 Å². The van der Waals surface area contributed by atoms with Gasteiger partial charge in [-0.25, -0.2) is 4.79 Å². The van der Waals surface area contributed by atoms with Crippen LogP contribution in [0.15, 0.2) is 24.3 Å². The molecular weight excluding hydrogens is 362 g/mol. The number of carbonyl (C=O) groups is 3. The molecule has 0 saturated heterocycles. The van der Waals surface area contributed by atoms with Crippen molar-refractivity contribution in [2.24, 2.45) is 0 Å². The van der Waals surface area contributed by atoms with Gasteiger partial charge in [0.1, 0.15) is 0 Å². The van der Waals surface area contributed by atoms with Crippen molar-refractivity contribution in [1.29, 1.82) is 0 Å². The smallest absolute Gasteiger partial charge is 0.339 e. The van der Waals surface area contributed by atoms with Crippen LogP contribution in [0, 0.1) is 20.8 Å². The predicted molar refractivity (Wildman–Crippen MR) is 102 cm³/mol. The summed E-state index contributed by atoms with van der Waals surface area (Å²) in [7, 11) is 0. The number of aryl methyl sites for hydroxylation is 3. The van der Waals surface area contributed by atoms with Crippen LogP contribution in [0.5, 0.6) is 11.5 Å². The SMILES string of the molecule is CC(=O)c1cc2c(cc1NC(=O)COC(=O)c1c(C)cc(C)cc1C)OCO2. The lowest BCUT2D eigenvalue weighted by Crippen LogP contribution is -2.22. The Balaban J connectivity index is 1.70. The molecule has 3 rings (SSSR count). The number of anilines is 1. The van der Waals surface area contributed by atoms with Gasteiger partial charge in [0.25, 0.3) is 5.91 Å². The normalized spacial score (nSPS) is 11.9. The van der Waals surface area contributed by atoms with E-state index in [1.807, 2.05) is 32.9 Å². The fourth-order valence-corrected chi connectivity index (χ4v) is 3.23. The summed E-state index contributed by atoms with van der Waals surface area (Å²) in [6.45, 7) is 6.55. The second kappa shape index (κ2) is 7.72. The van der Waals surface area contributed by atoms with E-state index in [9.17, 15) is 14.4 Å². The van der Waals surface area contributed by atoms with Gasteiger partial charge in [0, 0.05) is 11.6 Å². The van der Waals surface area contributed by atoms with Gasteiger partial charge < -0.3 is 19.5 Å². The van der Waals surface area contributed by atoms with Crippen LogP contribution in [-0.4, -0.2) is 31.1 Å². The maximum absolute atomic E-state index is 12.4. The summed E-state index contributed by atoms with van der Waals surface area (Å²) in [5, 5.41) is 2.59. The highest BCUT2D eigenvalue weighted by molar-refractivity contribution is 6.05. The number of amides is 1. The van der Waals surface area contributed by atoms with E-state index in [2.05, 4.69) is 5.32 Å². The maximum atomic E-state index is 12.4. The molecule has 0 fully saturated rings. The minimum Gasteiger partial charge on any atom is -0.454 e. The van der Waals surface area contributed by atoms with Gasteiger partial charge in [0.15, 0.2) is 23.9 Å². The fraction of sp³-hybridized carbons (Fsp3) is 0.286. The highest BCUT2D eigenvalue weighted by Gasteiger charge is 2.21. The predicted octanol–water partition coefficient (Wildman–Crippen LogP) is 3.34. The Hall–Kier alpha value is -3.35. The van der Waals surface area contributed by atoms with Crippen LogP contribution in [0.1, 0.15) is 44.3 Å². The fourth-order valence-electron chi connectivity index (χ4n) is 3.23. The summed E-state index contributed by atoms with van der Waals surface area (Å²) in [5.74, 6) is -0.487. The number of nitrogens with one attached hydrogen (secondary N) is 1. The van der Waals surface area contributed by atoms with Gasteiger partial charge in [-0.15, -0.1) is 0 Å². The summed E-state index contributed by atoms with van der Waals surface area (Å²) in [5.41, 5.74) is 3.64. The second-order valence-electron chi connectivity index (χ2n) is 6.71. The van der Waals surface area contributed by atoms with Gasteiger partial charge >= 0.3 is 5.97 Å². The first kappa shape index (κ1) is 19.4. The molecule has 0 atom stereocenters. The van der Waals surface area contributed by atoms with E-state index in [0.29, 0.717) is 17.1 Å². The zero-order valence-corrected chi connectivity index (χ0v) is 16.2. The second-order valence-corrected chi connectivity index (χ2v) is 6.71. The molecule has 0 bridgehead atoms. The van der Waals surface area contributed by atoms with E-state index in [-0.39, 0.29) is 23.8 Å². The molecule has 1 aliphatic rings. The number of carbonyl (C=O) groups excluding carboxylic acids is 3. The molecular formula is C21H21NO6. The molecule has 0 radical (unpaired) electrons. The maximum Gasteiger partial charge on any atom is 0.339 e. The first-order chi connectivity index (χ1) is 13.3. The van der Waals surface area contributed by atoms with Gasteiger partial charge in [-0.05, 0) is 44.9 Å². The topological polar surface area (TPSA) is 90.9 Å². The minimum atomic E-state index is -0.567. The van der Waals surface area contributed by atoms with E-state index >= 15 is 0 Å². The summed E-state index contributed by atoms with van der Waals surface area (Å²) >= 11 is 0. The number of ether oxygens (including phenoxy) is 3. The number of rotatable bonds is 5. The molecule has 1 aliphatic heterocycles. The minimum absolute atomic E-state index is 0.0525. The molecule has 2 aromatic rings. The van der Waals surface area contributed by atoms with Crippen LogP contribution in [-0.2, 0) is 9.53 Å². The molecule has 28 heavy (non-hydrogen) atoms. The number of Topliss-reactive ketones (excluding diaryl/α,β-unsaturated/α-hetero) is 1. The van der Waals surface area contributed by atoms with E-state index < -0.39 is 18.5 Å². The van der Waals surface area contributed by atoms with Crippen molar-refractivity contribution in [1.82, 2.24) is 0 Å². The molecule has 7 heteroatoms. The third-order valence-corrected chi connectivity index (χ3v) is 4.38. The molecule has 0 unspecified atom stereocenters. The van der Waals surface area contributed by atoms with Crippen LogP contribution in [0.3, 0.4) is 0 Å². The van der Waals surface area contributed by atoms with Gasteiger partial charge in [0.05, 0.1) is 11.3 Å². The highest BCUT2D eigenvalue weighted by atomic mass is 16.7. The lowest BCUT2D eigenvalue weighted by molar-refractivity contribution is -0.119. The van der Waals surface area contributed by atoms with Crippen molar-refractivity contribution in [2.75, 3.05) is 18.7 Å². The Kier molecular flexibility index (Phi) is 5.35. The Bertz CT molecular complexity index is 956. The molecule has 0 saturated carbocycles. The van der Waals surface area contributed by atoms with E-state index in [0.717, 1.165) is 16.7 Å². The van der Waals surface area contributed by atoms with Crippen LogP contribution in [0.25, 0.3) is 0 Å². The Morgan fingerprint density at radius 2 is 1.61 bits per heavy atom. The van der Waals surface area contributed by atoms with Crippen LogP contribution >= 0.6 is 0 Å². The van der Waals surface area contributed by atoms with Crippen LogP contribution in [0.4, 0.5) is 5.69 Å². The zero-order valence-electron chi connectivity index (χ0n) is 16.2. The summed E-state index contributed by atoms with van der Waals surface area (Å²) in [6.07, 6.45) is 0. The Labute approximate surface area is 162 Å². The molecule has 0 aromatic heterocycles. The number of hydrogen-bond acceptors (Lipinski definition) is 6. The lowest BCUT2D eigenvalue weighted by atomic mass is 10.00. The van der Waals surface area contributed by atoms with Gasteiger partial charge in [-0.3, -0.25) is 9.59 Å². The first-order valence-corrected chi connectivity index (χ1v) is 8.75. The standard InChI is InChI=1S/C21H21NO6/c1-11-5-12(2)20(13(3)6-11)21(25)26-9-19(24)22-16-8-18-17(27-10-28-18)7-15(16)14(4)23/h5-8H,9-10H2,1-4H3,(H,22,24). The number of benzene rings is 2. The average molecular weight is 383 g/mol. The molecule has 146 valence electrons. The number of esters is 1. The summed E-state index contributed by atoms with van der Waals surface area (Å²) in [4.78, 5) is 36.5. The number of fused-ring (bicyclic) bond motifs is 1. The first-order valence-electron chi connectivity index (χ1n) is 8.75. The molecule has 0 spiro atoms.